The van der Waals surface area contributed by atoms with Crippen molar-refractivity contribution in [1.82, 2.24) is 14.3 Å². The number of aromatic nitrogens is 2. The van der Waals surface area contributed by atoms with E-state index in [2.05, 4.69) is 15.3 Å². The molecule has 0 saturated carbocycles. The van der Waals surface area contributed by atoms with E-state index in [1.165, 1.54) is 10.6 Å². The van der Waals surface area contributed by atoms with Crippen LogP contribution in [0.1, 0.15) is 13.3 Å². The van der Waals surface area contributed by atoms with Crippen molar-refractivity contribution < 1.29 is 8.42 Å². The van der Waals surface area contributed by atoms with Gasteiger partial charge in [0, 0.05) is 19.6 Å². The van der Waals surface area contributed by atoms with Crippen molar-refractivity contribution in [2.45, 2.75) is 13.3 Å². The maximum atomic E-state index is 11.9. The summed E-state index contributed by atoms with van der Waals surface area (Å²) in [5.74, 6) is 0.395. The number of fused-ring (bicyclic) bond motifs is 1. The number of nitrogens with one attached hydrogen (secondary N) is 2. The van der Waals surface area contributed by atoms with E-state index in [9.17, 15) is 13.2 Å². The molecule has 0 spiro atoms. The molecule has 0 amide bonds. The molecule has 0 atom stereocenters. The maximum Gasteiger partial charge on any atom is 0.260 e. The van der Waals surface area contributed by atoms with Crippen LogP contribution in [0.3, 0.4) is 0 Å². The molecular weight excluding hydrogens is 304 g/mol. The summed E-state index contributed by atoms with van der Waals surface area (Å²) in [5.41, 5.74) is 0.430. The number of nitrogens with zero attached hydrogens (tertiary/aromatic N) is 2. The Morgan fingerprint density at radius 3 is 2.73 bits per heavy atom. The number of anilines is 1. The van der Waals surface area contributed by atoms with Crippen LogP contribution in [0, 0.1) is 0 Å². The summed E-state index contributed by atoms with van der Waals surface area (Å²) in [4.78, 5) is 18.9. The Morgan fingerprint density at radius 2 is 2.05 bits per heavy atom. The summed E-state index contributed by atoms with van der Waals surface area (Å²) in [7, 11) is -3.16. The highest BCUT2D eigenvalue weighted by Crippen LogP contribution is 2.08. The Kier molecular flexibility index (Phi) is 5.15. The van der Waals surface area contributed by atoms with Crippen molar-refractivity contribution in [1.29, 1.82) is 0 Å². The lowest BCUT2D eigenvalue weighted by Gasteiger charge is -2.17. The molecule has 0 unspecified atom stereocenters. The van der Waals surface area contributed by atoms with Crippen LogP contribution in [0.5, 0.6) is 0 Å². The number of hydrogen-bond acceptors (Lipinski definition) is 5. The standard InChI is InChI=1S/C14H20N4O3S/c1-3-18(22(2,20)21)10-6-9-15-14-16-12-8-5-4-7-11(12)13(19)17-14/h4-5,7-8H,3,6,9-10H2,1-2H3,(H2,15,16,17,19). The van der Waals surface area contributed by atoms with Gasteiger partial charge in [-0.25, -0.2) is 17.7 Å². The van der Waals surface area contributed by atoms with Crippen LogP contribution < -0.4 is 10.9 Å². The van der Waals surface area contributed by atoms with Crippen molar-refractivity contribution in [3.63, 3.8) is 0 Å². The lowest BCUT2D eigenvalue weighted by molar-refractivity contribution is 0.428. The molecule has 0 fully saturated rings. The molecule has 8 heteroatoms. The Hall–Kier alpha value is -1.93. The van der Waals surface area contributed by atoms with Crippen LogP contribution in [0.25, 0.3) is 10.9 Å². The van der Waals surface area contributed by atoms with Crippen molar-refractivity contribution in [2.75, 3.05) is 31.2 Å². The van der Waals surface area contributed by atoms with Gasteiger partial charge in [0.15, 0.2) is 0 Å². The highest BCUT2D eigenvalue weighted by atomic mass is 32.2. The molecule has 2 aromatic rings. The van der Waals surface area contributed by atoms with Gasteiger partial charge in [0.2, 0.25) is 16.0 Å². The fourth-order valence-corrected chi connectivity index (χ4v) is 3.12. The molecule has 120 valence electrons. The molecule has 0 aliphatic carbocycles. The summed E-state index contributed by atoms with van der Waals surface area (Å²) in [6, 6.07) is 7.11. The quantitative estimate of drug-likeness (QED) is 0.741. The second kappa shape index (κ2) is 6.89. The third-order valence-corrected chi connectivity index (χ3v) is 4.69. The van der Waals surface area contributed by atoms with E-state index in [4.69, 9.17) is 0 Å². The second-order valence-electron chi connectivity index (χ2n) is 4.97. The van der Waals surface area contributed by atoms with Gasteiger partial charge in [-0.3, -0.25) is 9.78 Å². The molecular formula is C14H20N4O3S. The van der Waals surface area contributed by atoms with Crippen molar-refractivity contribution in [3.05, 3.63) is 34.6 Å². The van der Waals surface area contributed by atoms with Crippen LogP contribution in [0.2, 0.25) is 0 Å². The minimum Gasteiger partial charge on any atom is -0.356 e. The van der Waals surface area contributed by atoms with E-state index in [1.54, 1.807) is 25.1 Å². The zero-order chi connectivity index (χ0) is 16.2. The number of benzene rings is 1. The molecule has 2 rings (SSSR count). The fourth-order valence-electron chi connectivity index (χ4n) is 2.19. The lowest BCUT2D eigenvalue weighted by Crippen LogP contribution is -2.31. The SMILES string of the molecule is CCN(CCCNc1nc2ccccc2c(=O)[nH]1)S(C)(=O)=O. The first-order chi connectivity index (χ1) is 10.4. The molecule has 22 heavy (non-hydrogen) atoms. The fraction of sp³-hybridized carbons (Fsp3) is 0.429. The molecule has 1 heterocycles. The van der Waals surface area contributed by atoms with Crippen LogP contribution in [0.4, 0.5) is 5.95 Å². The first-order valence-electron chi connectivity index (χ1n) is 7.10. The van der Waals surface area contributed by atoms with Crippen molar-refractivity contribution in [2.24, 2.45) is 0 Å². The van der Waals surface area contributed by atoms with Gasteiger partial charge in [-0.15, -0.1) is 0 Å². The van der Waals surface area contributed by atoms with Crippen LogP contribution in [-0.2, 0) is 10.0 Å². The van der Waals surface area contributed by atoms with E-state index in [1.807, 2.05) is 6.07 Å². The van der Waals surface area contributed by atoms with Crippen LogP contribution >= 0.6 is 0 Å². The predicted octanol–water partition coefficient (Wildman–Crippen LogP) is 1.01. The van der Waals surface area contributed by atoms with E-state index in [0.29, 0.717) is 42.9 Å². The molecule has 0 bridgehead atoms. The second-order valence-corrected chi connectivity index (χ2v) is 6.95. The number of aromatic amines is 1. The molecule has 1 aromatic carbocycles. The topological polar surface area (TPSA) is 95.2 Å². The Bertz CT molecular complexity index is 801. The van der Waals surface area contributed by atoms with Crippen LogP contribution in [-0.4, -0.2) is 48.6 Å². The summed E-state index contributed by atoms with van der Waals surface area (Å²) in [6.07, 6.45) is 1.82. The van der Waals surface area contributed by atoms with Gasteiger partial charge < -0.3 is 5.32 Å². The number of sulfonamides is 1. The third kappa shape index (κ3) is 4.05. The largest absolute Gasteiger partial charge is 0.356 e. The van der Waals surface area contributed by atoms with Gasteiger partial charge in [0.1, 0.15) is 0 Å². The zero-order valence-electron chi connectivity index (χ0n) is 12.7. The Labute approximate surface area is 129 Å². The first-order valence-corrected chi connectivity index (χ1v) is 8.94. The van der Waals surface area contributed by atoms with Gasteiger partial charge in [-0.2, -0.15) is 0 Å². The summed E-state index contributed by atoms with van der Waals surface area (Å²) >= 11 is 0. The molecule has 0 aliphatic heterocycles. The van der Waals surface area contributed by atoms with Gasteiger partial charge in [0.05, 0.1) is 17.2 Å². The van der Waals surface area contributed by atoms with Crippen LogP contribution in [0.15, 0.2) is 29.1 Å². The number of para-hydroxylation sites is 1. The van der Waals surface area contributed by atoms with Crippen molar-refractivity contribution in [3.8, 4) is 0 Å². The molecule has 0 saturated heterocycles. The number of H-pyrrole nitrogens is 1. The molecule has 7 nitrogen and oxygen atoms in total. The monoisotopic (exact) mass is 324 g/mol. The van der Waals surface area contributed by atoms with Gasteiger partial charge >= 0.3 is 0 Å². The Balaban J connectivity index is 1.97. The van der Waals surface area contributed by atoms with Gasteiger partial charge in [-0.1, -0.05) is 19.1 Å². The maximum absolute atomic E-state index is 11.9. The molecule has 1 aromatic heterocycles. The minimum atomic E-state index is -3.16. The molecule has 0 aliphatic rings. The van der Waals surface area contributed by atoms with Crippen molar-refractivity contribution >= 4 is 26.9 Å². The average molecular weight is 324 g/mol. The van der Waals surface area contributed by atoms with E-state index in [0.717, 1.165) is 0 Å². The summed E-state index contributed by atoms with van der Waals surface area (Å²) in [6.45, 7) is 3.20. The van der Waals surface area contributed by atoms with E-state index >= 15 is 0 Å². The molecule has 2 N–H and O–H groups in total. The van der Waals surface area contributed by atoms with Gasteiger partial charge in [-0.05, 0) is 18.6 Å². The predicted molar refractivity (Wildman–Crippen MR) is 87.6 cm³/mol. The Morgan fingerprint density at radius 1 is 1.32 bits per heavy atom. The van der Waals surface area contributed by atoms with E-state index < -0.39 is 10.0 Å². The lowest BCUT2D eigenvalue weighted by atomic mass is 10.2. The minimum absolute atomic E-state index is 0.195. The van der Waals surface area contributed by atoms with E-state index in [-0.39, 0.29) is 5.56 Å². The summed E-state index contributed by atoms with van der Waals surface area (Å²) < 4.78 is 24.3. The highest BCUT2D eigenvalue weighted by Gasteiger charge is 2.13. The number of rotatable bonds is 7. The normalized spacial score (nSPS) is 12.0. The smallest absolute Gasteiger partial charge is 0.260 e. The highest BCUT2D eigenvalue weighted by molar-refractivity contribution is 7.88. The third-order valence-electron chi connectivity index (χ3n) is 3.31. The number of hydrogen-bond donors (Lipinski definition) is 2. The first kappa shape index (κ1) is 16.4. The molecule has 0 radical (unpaired) electrons. The van der Waals surface area contributed by atoms with Gasteiger partial charge in [0.25, 0.3) is 5.56 Å². The zero-order valence-corrected chi connectivity index (χ0v) is 13.5. The summed E-state index contributed by atoms with van der Waals surface area (Å²) in [5, 5.41) is 3.56. The average Bonchev–Trinajstić information content (AvgIpc) is 2.46.